The summed E-state index contributed by atoms with van der Waals surface area (Å²) in [7, 11) is 3.94. The molecule has 0 atom stereocenters. The molecule has 2 rings (SSSR count). The number of hydrogen-bond donors (Lipinski definition) is 2. The molecule has 20 heavy (non-hydrogen) atoms. The first-order chi connectivity index (χ1) is 9.56. The van der Waals surface area contributed by atoms with Crippen LogP contribution in [0.25, 0.3) is 0 Å². The van der Waals surface area contributed by atoms with Crippen LogP contribution < -0.4 is 16.0 Å². The zero-order valence-electron chi connectivity index (χ0n) is 11.8. The fourth-order valence-corrected chi connectivity index (χ4v) is 1.83. The molecule has 0 saturated carbocycles. The number of amides is 1. The number of nitrogens with two attached hydrogens (primary N) is 1. The highest BCUT2D eigenvalue weighted by Crippen LogP contribution is 2.12. The maximum absolute atomic E-state index is 12.0. The van der Waals surface area contributed by atoms with Crippen molar-refractivity contribution in [3.05, 3.63) is 59.7 Å². The Labute approximate surface area is 119 Å². The smallest absolute Gasteiger partial charge is 0.251 e. The summed E-state index contributed by atoms with van der Waals surface area (Å²) in [6, 6.07) is 15.0. The lowest BCUT2D eigenvalue weighted by atomic mass is 10.1. The fourth-order valence-electron chi connectivity index (χ4n) is 1.83. The first kappa shape index (κ1) is 13.9. The van der Waals surface area contributed by atoms with Gasteiger partial charge in [0.25, 0.3) is 5.91 Å². The summed E-state index contributed by atoms with van der Waals surface area (Å²) in [6.07, 6.45) is 0. The van der Waals surface area contributed by atoms with Crippen molar-refractivity contribution < 1.29 is 4.79 Å². The number of nitrogen functional groups attached to an aromatic ring is 1. The van der Waals surface area contributed by atoms with Crippen molar-refractivity contribution in [1.29, 1.82) is 0 Å². The number of nitrogens with one attached hydrogen (secondary N) is 1. The zero-order valence-corrected chi connectivity index (χ0v) is 11.8. The topological polar surface area (TPSA) is 58.4 Å². The van der Waals surface area contributed by atoms with Gasteiger partial charge in [0.1, 0.15) is 0 Å². The summed E-state index contributed by atoms with van der Waals surface area (Å²) in [6.45, 7) is 0.495. The summed E-state index contributed by atoms with van der Waals surface area (Å²) in [5.41, 5.74) is 9.10. The molecule has 0 aliphatic carbocycles. The van der Waals surface area contributed by atoms with Gasteiger partial charge in [-0.1, -0.05) is 12.1 Å². The first-order valence-electron chi connectivity index (χ1n) is 6.46. The van der Waals surface area contributed by atoms with Crippen molar-refractivity contribution in [2.24, 2.45) is 0 Å². The van der Waals surface area contributed by atoms with Crippen LogP contribution in [-0.2, 0) is 6.54 Å². The van der Waals surface area contributed by atoms with Gasteiger partial charge in [-0.15, -0.1) is 0 Å². The molecule has 4 heteroatoms. The molecule has 1 amide bonds. The summed E-state index contributed by atoms with van der Waals surface area (Å²) >= 11 is 0. The third kappa shape index (κ3) is 3.51. The molecular weight excluding hydrogens is 250 g/mol. The molecule has 0 fully saturated rings. The van der Waals surface area contributed by atoms with E-state index in [1.54, 1.807) is 0 Å². The summed E-state index contributed by atoms with van der Waals surface area (Å²) in [4.78, 5) is 14.0. The van der Waals surface area contributed by atoms with E-state index >= 15 is 0 Å². The Kier molecular flexibility index (Phi) is 4.25. The quantitative estimate of drug-likeness (QED) is 0.837. The lowest BCUT2D eigenvalue weighted by Crippen LogP contribution is -2.22. The van der Waals surface area contributed by atoms with Gasteiger partial charge in [0.05, 0.1) is 0 Å². The van der Waals surface area contributed by atoms with Crippen molar-refractivity contribution in [3.8, 4) is 0 Å². The van der Waals surface area contributed by atoms with E-state index in [-0.39, 0.29) is 5.91 Å². The second kappa shape index (κ2) is 6.10. The van der Waals surface area contributed by atoms with E-state index in [4.69, 9.17) is 5.73 Å². The number of carbonyl (C=O) groups is 1. The van der Waals surface area contributed by atoms with Crippen molar-refractivity contribution in [1.82, 2.24) is 5.32 Å². The second-order valence-electron chi connectivity index (χ2n) is 4.87. The number of carbonyl (C=O) groups excluding carboxylic acids is 1. The van der Waals surface area contributed by atoms with Crippen LogP contribution in [0.2, 0.25) is 0 Å². The van der Waals surface area contributed by atoms with E-state index in [0.29, 0.717) is 12.1 Å². The molecule has 2 aromatic rings. The van der Waals surface area contributed by atoms with E-state index in [9.17, 15) is 4.79 Å². The average molecular weight is 269 g/mol. The molecule has 3 N–H and O–H groups in total. The summed E-state index contributed by atoms with van der Waals surface area (Å²) in [5.74, 6) is -0.0767. The Morgan fingerprint density at radius 1 is 1.05 bits per heavy atom. The van der Waals surface area contributed by atoms with Gasteiger partial charge in [-0.2, -0.15) is 0 Å². The molecule has 0 radical (unpaired) electrons. The van der Waals surface area contributed by atoms with E-state index < -0.39 is 0 Å². The molecule has 0 spiro atoms. The third-order valence-corrected chi connectivity index (χ3v) is 3.08. The normalized spacial score (nSPS) is 10.1. The van der Waals surface area contributed by atoms with Crippen molar-refractivity contribution in [2.45, 2.75) is 6.54 Å². The van der Waals surface area contributed by atoms with Gasteiger partial charge in [0, 0.05) is 37.6 Å². The predicted molar refractivity (Wildman–Crippen MR) is 82.8 cm³/mol. The van der Waals surface area contributed by atoms with Crippen LogP contribution in [0.3, 0.4) is 0 Å². The van der Waals surface area contributed by atoms with E-state index in [1.807, 2.05) is 67.5 Å². The van der Waals surface area contributed by atoms with Crippen LogP contribution in [0.15, 0.2) is 48.5 Å². The lowest BCUT2D eigenvalue weighted by Gasteiger charge is -2.12. The molecule has 0 heterocycles. The van der Waals surface area contributed by atoms with Crippen LogP contribution in [0.4, 0.5) is 11.4 Å². The molecule has 0 aliphatic rings. The highest BCUT2D eigenvalue weighted by molar-refractivity contribution is 5.94. The maximum Gasteiger partial charge on any atom is 0.251 e. The average Bonchev–Trinajstić information content (AvgIpc) is 2.46. The Hall–Kier alpha value is -2.49. The highest BCUT2D eigenvalue weighted by atomic mass is 16.1. The molecule has 2 aromatic carbocycles. The lowest BCUT2D eigenvalue weighted by molar-refractivity contribution is 0.0951. The van der Waals surface area contributed by atoms with Gasteiger partial charge < -0.3 is 16.0 Å². The van der Waals surface area contributed by atoms with Gasteiger partial charge in [0.15, 0.2) is 0 Å². The molecule has 0 unspecified atom stereocenters. The molecule has 4 nitrogen and oxygen atoms in total. The van der Waals surface area contributed by atoms with Crippen LogP contribution in [0, 0.1) is 0 Å². The van der Waals surface area contributed by atoms with Gasteiger partial charge in [-0.05, 0) is 42.0 Å². The van der Waals surface area contributed by atoms with Crippen LogP contribution in [0.5, 0.6) is 0 Å². The number of rotatable bonds is 4. The molecule has 104 valence electrons. The van der Waals surface area contributed by atoms with Crippen molar-refractivity contribution in [3.63, 3.8) is 0 Å². The second-order valence-corrected chi connectivity index (χ2v) is 4.87. The molecular formula is C16H19N3O. The Bertz CT molecular complexity index is 574. The molecule has 0 bridgehead atoms. The number of anilines is 2. The number of nitrogens with zero attached hydrogens (tertiary/aromatic N) is 1. The fraction of sp³-hybridized carbons (Fsp3) is 0.188. The van der Waals surface area contributed by atoms with Crippen LogP contribution in [0.1, 0.15) is 15.9 Å². The minimum atomic E-state index is -0.0767. The monoisotopic (exact) mass is 269 g/mol. The standard InChI is InChI=1S/C16H19N3O/c1-19(2)15-9-5-13(6-10-15)16(20)18-11-12-3-7-14(17)8-4-12/h3-10H,11,17H2,1-2H3,(H,18,20). The van der Waals surface area contributed by atoms with E-state index in [0.717, 1.165) is 16.9 Å². The Balaban J connectivity index is 1.96. The summed E-state index contributed by atoms with van der Waals surface area (Å²) < 4.78 is 0. The van der Waals surface area contributed by atoms with Gasteiger partial charge in [0.2, 0.25) is 0 Å². The van der Waals surface area contributed by atoms with Gasteiger partial charge >= 0.3 is 0 Å². The maximum atomic E-state index is 12.0. The Morgan fingerprint density at radius 2 is 1.65 bits per heavy atom. The predicted octanol–water partition coefficient (Wildman–Crippen LogP) is 2.26. The minimum Gasteiger partial charge on any atom is -0.399 e. The zero-order chi connectivity index (χ0) is 14.5. The van der Waals surface area contributed by atoms with Crippen LogP contribution in [-0.4, -0.2) is 20.0 Å². The van der Waals surface area contributed by atoms with Gasteiger partial charge in [-0.3, -0.25) is 4.79 Å². The summed E-state index contributed by atoms with van der Waals surface area (Å²) in [5, 5.41) is 2.89. The van der Waals surface area contributed by atoms with Crippen molar-refractivity contribution >= 4 is 17.3 Å². The largest absolute Gasteiger partial charge is 0.399 e. The van der Waals surface area contributed by atoms with Gasteiger partial charge in [-0.25, -0.2) is 0 Å². The number of hydrogen-bond acceptors (Lipinski definition) is 3. The molecule has 0 saturated heterocycles. The first-order valence-corrected chi connectivity index (χ1v) is 6.46. The number of benzene rings is 2. The van der Waals surface area contributed by atoms with E-state index in [1.165, 1.54) is 0 Å². The SMILES string of the molecule is CN(C)c1ccc(C(=O)NCc2ccc(N)cc2)cc1. The van der Waals surface area contributed by atoms with Crippen LogP contribution >= 0.6 is 0 Å². The molecule has 0 aliphatic heterocycles. The van der Waals surface area contributed by atoms with E-state index in [2.05, 4.69) is 5.32 Å². The minimum absolute atomic E-state index is 0.0767. The highest BCUT2D eigenvalue weighted by Gasteiger charge is 2.05. The van der Waals surface area contributed by atoms with Crippen molar-refractivity contribution in [2.75, 3.05) is 24.7 Å². The Morgan fingerprint density at radius 3 is 2.20 bits per heavy atom. The third-order valence-electron chi connectivity index (χ3n) is 3.08. The molecule has 0 aromatic heterocycles.